The fraction of sp³-hybridized carbons (Fsp3) is 0.450. The first-order chi connectivity index (χ1) is 13.1. The average Bonchev–Trinajstić information content (AvgIpc) is 3.25. The number of H-pyrrole nitrogens is 1. The zero-order valence-electron chi connectivity index (χ0n) is 16.0. The number of amides is 1. The molecule has 0 spiro atoms. The van der Waals surface area contributed by atoms with E-state index < -0.39 is 0 Å². The van der Waals surface area contributed by atoms with Crippen molar-refractivity contribution in [3.63, 3.8) is 0 Å². The Morgan fingerprint density at radius 3 is 2.85 bits per heavy atom. The van der Waals surface area contributed by atoms with Crippen LogP contribution in [0.25, 0.3) is 22.3 Å². The molecule has 0 unspecified atom stereocenters. The molecule has 4 heterocycles. The molecule has 1 amide bonds. The molecular formula is C20H26N6O. The number of aromatic nitrogens is 4. The van der Waals surface area contributed by atoms with E-state index in [4.69, 9.17) is 0 Å². The van der Waals surface area contributed by atoms with Gasteiger partial charge in [0.25, 0.3) is 5.91 Å². The van der Waals surface area contributed by atoms with Crippen LogP contribution in [0.4, 0.5) is 0 Å². The van der Waals surface area contributed by atoms with Gasteiger partial charge in [-0.3, -0.25) is 9.89 Å². The fourth-order valence-electron chi connectivity index (χ4n) is 3.92. The highest BCUT2D eigenvalue weighted by Gasteiger charge is 2.26. The molecule has 0 saturated carbocycles. The van der Waals surface area contributed by atoms with Crippen molar-refractivity contribution >= 4 is 16.9 Å². The van der Waals surface area contributed by atoms with Gasteiger partial charge in [0.1, 0.15) is 11.3 Å². The first kappa shape index (κ1) is 17.7. The molecule has 7 nitrogen and oxygen atoms in total. The van der Waals surface area contributed by atoms with Gasteiger partial charge in [-0.25, -0.2) is 4.98 Å². The summed E-state index contributed by atoms with van der Waals surface area (Å²) in [5.74, 6) is 0.0992. The number of nitrogens with zero attached hydrogens (tertiary/aromatic N) is 3. The van der Waals surface area contributed by atoms with Gasteiger partial charge in [0.05, 0.1) is 5.69 Å². The Morgan fingerprint density at radius 1 is 1.33 bits per heavy atom. The van der Waals surface area contributed by atoms with Gasteiger partial charge in [-0.1, -0.05) is 13.8 Å². The van der Waals surface area contributed by atoms with E-state index in [-0.39, 0.29) is 17.9 Å². The average molecular weight is 366 g/mol. The number of pyridine rings is 1. The summed E-state index contributed by atoms with van der Waals surface area (Å²) < 4.78 is 2.00. The first-order valence-electron chi connectivity index (χ1n) is 9.56. The Morgan fingerprint density at radius 2 is 2.11 bits per heavy atom. The van der Waals surface area contributed by atoms with Crippen LogP contribution in [0.2, 0.25) is 0 Å². The van der Waals surface area contributed by atoms with E-state index >= 15 is 0 Å². The lowest BCUT2D eigenvalue weighted by Crippen LogP contribution is -2.43. The molecule has 4 rings (SSSR count). The highest BCUT2D eigenvalue weighted by atomic mass is 16.2. The summed E-state index contributed by atoms with van der Waals surface area (Å²) in [6, 6.07) is 4.19. The van der Waals surface area contributed by atoms with E-state index in [1.54, 1.807) is 6.20 Å². The van der Waals surface area contributed by atoms with Crippen LogP contribution >= 0.6 is 0 Å². The summed E-state index contributed by atoms with van der Waals surface area (Å²) in [5.41, 5.74) is 4.27. The second-order valence-corrected chi connectivity index (χ2v) is 7.54. The lowest BCUT2D eigenvalue weighted by molar-refractivity contribution is 0.0923. The van der Waals surface area contributed by atoms with E-state index in [1.165, 1.54) is 0 Å². The molecule has 3 aromatic heterocycles. The Balaban J connectivity index is 1.73. The molecule has 0 atom stereocenters. The van der Waals surface area contributed by atoms with Gasteiger partial charge in [-0.05, 0) is 44.0 Å². The Bertz CT molecular complexity index is 964. The number of nitrogens with one attached hydrogen (secondary N) is 3. The number of hydrogen-bond donors (Lipinski definition) is 3. The van der Waals surface area contributed by atoms with Gasteiger partial charge >= 0.3 is 0 Å². The predicted octanol–water partition coefficient (Wildman–Crippen LogP) is 2.57. The second-order valence-electron chi connectivity index (χ2n) is 7.54. The normalized spacial score (nSPS) is 15.6. The minimum atomic E-state index is -0.0669. The number of fused-ring (bicyclic) bond motifs is 1. The summed E-state index contributed by atoms with van der Waals surface area (Å²) in [6.07, 6.45) is 5.74. The minimum absolute atomic E-state index is 0.0669. The van der Waals surface area contributed by atoms with E-state index in [2.05, 4.69) is 39.7 Å². The molecule has 1 aliphatic rings. The zero-order valence-corrected chi connectivity index (χ0v) is 16.0. The third-order valence-electron chi connectivity index (χ3n) is 5.27. The Labute approximate surface area is 158 Å². The Hall–Kier alpha value is -2.67. The SMILES string of the molecule is CC(C)c1c(-c2cn(C)c3ncccc23)n[nH]c1C(=O)NC1CCNCC1. The van der Waals surface area contributed by atoms with Crippen LogP contribution in [0, 0.1) is 0 Å². The molecule has 0 aliphatic carbocycles. The molecule has 3 N–H and O–H groups in total. The summed E-state index contributed by atoms with van der Waals surface area (Å²) >= 11 is 0. The van der Waals surface area contributed by atoms with Crippen molar-refractivity contribution in [3.05, 3.63) is 35.8 Å². The highest BCUT2D eigenvalue weighted by Crippen LogP contribution is 2.34. The van der Waals surface area contributed by atoms with E-state index in [0.29, 0.717) is 5.69 Å². The lowest BCUT2D eigenvalue weighted by Gasteiger charge is -2.23. The van der Waals surface area contributed by atoms with Crippen molar-refractivity contribution in [2.24, 2.45) is 7.05 Å². The van der Waals surface area contributed by atoms with Crippen molar-refractivity contribution in [2.45, 2.75) is 38.6 Å². The lowest BCUT2D eigenvalue weighted by atomic mass is 9.96. The van der Waals surface area contributed by atoms with E-state index in [9.17, 15) is 4.79 Å². The van der Waals surface area contributed by atoms with Crippen LogP contribution in [0.15, 0.2) is 24.5 Å². The number of rotatable bonds is 4. The molecule has 0 aromatic carbocycles. The third kappa shape index (κ3) is 3.23. The minimum Gasteiger partial charge on any atom is -0.348 e. The topological polar surface area (TPSA) is 87.6 Å². The molecule has 7 heteroatoms. The maximum atomic E-state index is 12.9. The van der Waals surface area contributed by atoms with Gasteiger partial charge in [0.15, 0.2) is 0 Å². The van der Waals surface area contributed by atoms with Crippen LogP contribution in [-0.4, -0.2) is 44.8 Å². The van der Waals surface area contributed by atoms with Gasteiger partial charge in [-0.2, -0.15) is 5.10 Å². The molecule has 3 aromatic rings. The van der Waals surface area contributed by atoms with Crippen molar-refractivity contribution in [3.8, 4) is 11.3 Å². The number of carbonyl (C=O) groups excluding carboxylic acids is 1. The third-order valence-corrected chi connectivity index (χ3v) is 5.27. The molecule has 1 aliphatic heterocycles. The van der Waals surface area contributed by atoms with Gasteiger partial charge in [-0.15, -0.1) is 0 Å². The molecular weight excluding hydrogens is 340 g/mol. The van der Waals surface area contributed by atoms with E-state index in [0.717, 1.165) is 53.8 Å². The van der Waals surface area contributed by atoms with E-state index in [1.807, 2.05) is 29.9 Å². The number of carbonyl (C=O) groups is 1. The van der Waals surface area contributed by atoms with Crippen molar-refractivity contribution in [2.75, 3.05) is 13.1 Å². The number of aryl methyl sites for hydroxylation is 1. The summed E-state index contributed by atoms with van der Waals surface area (Å²) in [6.45, 7) is 6.08. The summed E-state index contributed by atoms with van der Waals surface area (Å²) in [7, 11) is 1.98. The smallest absolute Gasteiger partial charge is 0.269 e. The molecule has 1 fully saturated rings. The molecule has 1 saturated heterocycles. The first-order valence-corrected chi connectivity index (χ1v) is 9.56. The van der Waals surface area contributed by atoms with Crippen LogP contribution in [-0.2, 0) is 7.05 Å². The fourth-order valence-corrected chi connectivity index (χ4v) is 3.92. The monoisotopic (exact) mass is 366 g/mol. The van der Waals surface area contributed by atoms with Crippen molar-refractivity contribution in [1.29, 1.82) is 0 Å². The number of piperidine rings is 1. The maximum absolute atomic E-state index is 12.9. The Kier molecular flexibility index (Phi) is 4.70. The highest BCUT2D eigenvalue weighted by molar-refractivity contribution is 5.99. The quantitative estimate of drug-likeness (QED) is 0.662. The molecule has 0 radical (unpaired) electrons. The van der Waals surface area contributed by atoms with Gasteiger partial charge in [0, 0.05) is 42.0 Å². The molecule has 0 bridgehead atoms. The largest absolute Gasteiger partial charge is 0.348 e. The molecule has 27 heavy (non-hydrogen) atoms. The van der Waals surface area contributed by atoms with Crippen molar-refractivity contribution < 1.29 is 4.79 Å². The van der Waals surface area contributed by atoms with Gasteiger partial charge < -0.3 is 15.2 Å². The summed E-state index contributed by atoms with van der Waals surface area (Å²) in [4.78, 5) is 17.4. The van der Waals surface area contributed by atoms with Crippen LogP contribution in [0.1, 0.15) is 48.7 Å². The number of hydrogen-bond acceptors (Lipinski definition) is 4. The predicted molar refractivity (Wildman–Crippen MR) is 106 cm³/mol. The van der Waals surface area contributed by atoms with Gasteiger partial charge in [0.2, 0.25) is 0 Å². The van der Waals surface area contributed by atoms with Crippen LogP contribution < -0.4 is 10.6 Å². The van der Waals surface area contributed by atoms with Crippen LogP contribution in [0.3, 0.4) is 0 Å². The summed E-state index contributed by atoms with van der Waals surface area (Å²) in [5, 5.41) is 15.1. The van der Waals surface area contributed by atoms with Crippen LogP contribution in [0.5, 0.6) is 0 Å². The van der Waals surface area contributed by atoms with Crippen molar-refractivity contribution in [1.82, 2.24) is 30.4 Å². The second kappa shape index (κ2) is 7.15. The number of aromatic amines is 1. The molecule has 142 valence electrons. The maximum Gasteiger partial charge on any atom is 0.269 e. The standard InChI is InChI=1S/C20H26N6O/c1-12(2)16-17(15-11-26(3)19-14(15)5-4-8-22-19)24-25-18(16)20(27)23-13-6-9-21-10-7-13/h4-5,8,11-13,21H,6-7,9-10H2,1-3H3,(H,23,27)(H,24,25). The zero-order chi connectivity index (χ0) is 19.0.